The molecule has 0 atom stereocenters. The van der Waals surface area contributed by atoms with Crippen LogP contribution in [0.2, 0.25) is 0 Å². The number of carboxylic acids is 1. The van der Waals surface area contributed by atoms with Crippen molar-refractivity contribution >= 4 is 23.0 Å². The summed E-state index contributed by atoms with van der Waals surface area (Å²) in [6.45, 7) is 2.44. The highest BCUT2D eigenvalue weighted by atomic mass is 32.1. The molecule has 1 aromatic carbocycles. The van der Waals surface area contributed by atoms with Crippen molar-refractivity contribution in [3.63, 3.8) is 0 Å². The van der Waals surface area contributed by atoms with Crippen LogP contribution in [0, 0.1) is 16.0 Å². The number of non-ortho nitro benzene ring substituents is 1. The Bertz CT molecular complexity index is 733. The van der Waals surface area contributed by atoms with Gasteiger partial charge in [-0.05, 0) is 55.8 Å². The van der Waals surface area contributed by atoms with Gasteiger partial charge in [0.15, 0.2) is 0 Å². The molecule has 0 saturated carbocycles. The van der Waals surface area contributed by atoms with E-state index in [1.807, 2.05) is 6.07 Å². The summed E-state index contributed by atoms with van der Waals surface area (Å²) in [6.07, 6.45) is 1.41. The highest BCUT2D eigenvalue weighted by Crippen LogP contribution is 2.30. The molecule has 2 heterocycles. The smallest absolute Gasteiger partial charge is 0.306 e. The minimum Gasteiger partial charge on any atom is -0.481 e. The normalized spacial score (nSPS) is 16.2. The van der Waals surface area contributed by atoms with E-state index < -0.39 is 10.9 Å². The Morgan fingerprint density at radius 2 is 1.88 bits per heavy atom. The molecule has 0 unspecified atom stereocenters. The van der Waals surface area contributed by atoms with E-state index in [0.717, 1.165) is 30.1 Å². The first-order chi connectivity index (χ1) is 11.5. The first kappa shape index (κ1) is 16.6. The number of thiophene rings is 1. The molecular weight excluding hydrogens is 328 g/mol. The fourth-order valence-corrected chi connectivity index (χ4v) is 3.98. The molecule has 1 aromatic heterocycles. The number of piperidine rings is 1. The van der Waals surface area contributed by atoms with Gasteiger partial charge in [0.05, 0.1) is 10.8 Å². The van der Waals surface area contributed by atoms with E-state index in [0.29, 0.717) is 12.8 Å². The Morgan fingerprint density at radius 3 is 2.46 bits per heavy atom. The number of hydrogen-bond donors (Lipinski definition) is 1. The van der Waals surface area contributed by atoms with Crippen molar-refractivity contribution in [2.24, 2.45) is 5.92 Å². The highest BCUT2D eigenvalue weighted by molar-refractivity contribution is 7.15. The number of benzene rings is 1. The lowest BCUT2D eigenvalue weighted by Gasteiger charge is -2.29. The molecule has 6 nitrogen and oxygen atoms in total. The Kier molecular flexibility index (Phi) is 4.92. The van der Waals surface area contributed by atoms with Crippen LogP contribution in [0.5, 0.6) is 0 Å². The van der Waals surface area contributed by atoms with Gasteiger partial charge in [0.25, 0.3) is 5.69 Å². The van der Waals surface area contributed by atoms with Crippen molar-refractivity contribution < 1.29 is 14.8 Å². The Hall–Kier alpha value is -2.25. The topological polar surface area (TPSA) is 83.7 Å². The molecule has 0 bridgehead atoms. The summed E-state index contributed by atoms with van der Waals surface area (Å²) in [5, 5.41) is 19.7. The van der Waals surface area contributed by atoms with E-state index in [9.17, 15) is 14.9 Å². The number of rotatable bonds is 5. The molecular formula is C17H18N2O4S. The maximum absolute atomic E-state index is 11.0. The van der Waals surface area contributed by atoms with Crippen LogP contribution in [0.1, 0.15) is 17.7 Å². The van der Waals surface area contributed by atoms with Gasteiger partial charge in [-0.3, -0.25) is 19.8 Å². The summed E-state index contributed by atoms with van der Waals surface area (Å²) in [5.74, 6) is -0.897. The predicted molar refractivity (Wildman–Crippen MR) is 92.0 cm³/mol. The van der Waals surface area contributed by atoms with Crippen LogP contribution in [-0.2, 0) is 11.3 Å². The van der Waals surface area contributed by atoms with Crippen LogP contribution in [0.15, 0.2) is 36.4 Å². The van der Waals surface area contributed by atoms with Crippen molar-refractivity contribution in [2.45, 2.75) is 19.4 Å². The Labute approximate surface area is 143 Å². The summed E-state index contributed by atoms with van der Waals surface area (Å²) in [6, 6.07) is 10.7. The molecule has 24 heavy (non-hydrogen) atoms. The van der Waals surface area contributed by atoms with Crippen LogP contribution in [0.25, 0.3) is 10.4 Å². The lowest BCUT2D eigenvalue weighted by Crippen LogP contribution is -2.35. The van der Waals surface area contributed by atoms with Gasteiger partial charge in [0, 0.05) is 28.4 Å². The zero-order chi connectivity index (χ0) is 17.1. The van der Waals surface area contributed by atoms with Gasteiger partial charge in [-0.1, -0.05) is 0 Å². The number of carboxylic acid groups (broad SMARTS) is 1. The second-order valence-corrected chi connectivity index (χ2v) is 7.13. The molecule has 0 radical (unpaired) electrons. The van der Waals surface area contributed by atoms with Gasteiger partial charge in [-0.25, -0.2) is 0 Å². The number of nitrogens with zero attached hydrogens (tertiary/aromatic N) is 2. The lowest BCUT2D eigenvalue weighted by atomic mass is 9.97. The standard InChI is InChI=1S/C17H18N2O4S/c20-17(21)13-7-9-18(10-8-13)11-15-5-6-16(24-15)12-1-3-14(4-2-12)19(22)23/h1-6,13H,7-11H2,(H,20,21). The quantitative estimate of drug-likeness (QED) is 0.660. The lowest BCUT2D eigenvalue weighted by molar-refractivity contribution is -0.384. The molecule has 1 fully saturated rings. The van der Waals surface area contributed by atoms with E-state index in [4.69, 9.17) is 5.11 Å². The molecule has 0 spiro atoms. The average molecular weight is 346 g/mol. The number of nitro groups is 1. The summed E-state index contributed by atoms with van der Waals surface area (Å²) in [4.78, 5) is 25.9. The van der Waals surface area contributed by atoms with Crippen LogP contribution in [0.4, 0.5) is 5.69 Å². The number of carbonyl (C=O) groups is 1. The maximum Gasteiger partial charge on any atom is 0.306 e. The molecule has 1 saturated heterocycles. The minimum atomic E-state index is -0.689. The van der Waals surface area contributed by atoms with E-state index >= 15 is 0 Å². The summed E-state index contributed by atoms with van der Waals surface area (Å²) in [5.41, 5.74) is 1.07. The maximum atomic E-state index is 11.0. The number of hydrogen-bond acceptors (Lipinski definition) is 5. The predicted octanol–water partition coefficient (Wildman–Crippen LogP) is 3.62. The summed E-state index contributed by atoms with van der Waals surface area (Å²) >= 11 is 1.67. The third-order valence-corrected chi connectivity index (χ3v) is 5.46. The van der Waals surface area contributed by atoms with Crippen molar-refractivity contribution in [3.8, 4) is 10.4 Å². The van der Waals surface area contributed by atoms with Gasteiger partial charge in [0.1, 0.15) is 0 Å². The van der Waals surface area contributed by atoms with E-state index in [2.05, 4.69) is 11.0 Å². The van der Waals surface area contributed by atoms with Gasteiger partial charge in [0.2, 0.25) is 0 Å². The second-order valence-electron chi connectivity index (χ2n) is 5.96. The molecule has 3 rings (SSSR count). The molecule has 126 valence electrons. The van der Waals surface area contributed by atoms with Crippen molar-refractivity contribution in [1.29, 1.82) is 0 Å². The largest absolute Gasteiger partial charge is 0.481 e. The Balaban J connectivity index is 1.61. The zero-order valence-corrected chi connectivity index (χ0v) is 13.9. The number of aliphatic carboxylic acids is 1. The molecule has 1 aliphatic rings. The third-order valence-electron chi connectivity index (χ3n) is 4.34. The zero-order valence-electron chi connectivity index (χ0n) is 13.1. The average Bonchev–Trinajstić information content (AvgIpc) is 3.04. The number of nitro benzene ring substituents is 1. The molecule has 2 aromatic rings. The van der Waals surface area contributed by atoms with E-state index in [-0.39, 0.29) is 11.6 Å². The Morgan fingerprint density at radius 1 is 1.21 bits per heavy atom. The van der Waals surface area contributed by atoms with Gasteiger partial charge < -0.3 is 5.11 Å². The third kappa shape index (κ3) is 3.80. The highest BCUT2D eigenvalue weighted by Gasteiger charge is 2.24. The number of likely N-dealkylation sites (tertiary alicyclic amines) is 1. The first-order valence-corrected chi connectivity index (χ1v) is 8.63. The molecule has 0 amide bonds. The van der Waals surface area contributed by atoms with Gasteiger partial charge in [-0.15, -0.1) is 11.3 Å². The summed E-state index contributed by atoms with van der Waals surface area (Å²) < 4.78 is 0. The summed E-state index contributed by atoms with van der Waals surface area (Å²) in [7, 11) is 0. The fraction of sp³-hybridized carbons (Fsp3) is 0.353. The van der Waals surface area contributed by atoms with E-state index in [1.54, 1.807) is 23.5 Å². The van der Waals surface area contributed by atoms with Crippen molar-refractivity contribution in [3.05, 3.63) is 51.4 Å². The first-order valence-electron chi connectivity index (χ1n) is 7.81. The minimum absolute atomic E-state index is 0.0943. The molecule has 1 N–H and O–H groups in total. The van der Waals surface area contributed by atoms with Crippen molar-refractivity contribution in [1.82, 2.24) is 4.90 Å². The van der Waals surface area contributed by atoms with Crippen LogP contribution in [-0.4, -0.2) is 34.0 Å². The van der Waals surface area contributed by atoms with Crippen LogP contribution < -0.4 is 0 Å². The van der Waals surface area contributed by atoms with E-state index in [1.165, 1.54) is 17.0 Å². The van der Waals surface area contributed by atoms with Crippen molar-refractivity contribution in [2.75, 3.05) is 13.1 Å². The van der Waals surface area contributed by atoms with Gasteiger partial charge in [-0.2, -0.15) is 0 Å². The monoisotopic (exact) mass is 346 g/mol. The molecule has 1 aliphatic heterocycles. The van der Waals surface area contributed by atoms with Crippen LogP contribution >= 0.6 is 11.3 Å². The second kappa shape index (κ2) is 7.11. The SMILES string of the molecule is O=C(O)C1CCN(Cc2ccc(-c3ccc([N+](=O)[O-])cc3)s2)CC1. The molecule has 7 heteroatoms. The van der Waals surface area contributed by atoms with Gasteiger partial charge >= 0.3 is 5.97 Å². The fourth-order valence-electron chi connectivity index (χ4n) is 2.92. The van der Waals surface area contributed by atoms with Crippen LogP contribution in [0.3, 0.4) is 0 Å². The molecule has 0 aliphatic carbocycles.